The van der Waals surface area contributed by atoms with E-state index in [4.69, 9.17) is 5.10 Å². The van der Waals surface area contributed by atoms with Crippen molar-refractivity contribution in [3.8, 4) is 5.69 Å². The lowest BCUT2D eigenvalue weighted by Crippen LogP contribution is -2.15. The van der Waals surface area contributed by atoms with Gasteiger partial charge < -0.3 is 5.32 Å². The van der Waals surface area contributed by atoms with Gasteiger partial charge >= 0.3 is 0 Å². The predicted octanol–water partition coefficient (Wildman–Crippen LogP) is 3.36. The number of aromatic nitrogens is 2. The first-order valence-electron chi connectivity index (χ1n) is 7.27. The van der Waals surface area contributed by atoms with Gasteiger partial charge in [-0.3, -0.25) is 0 Å². The molecule has 3 heteroatoms. The Morgan fingerprint density at radius 2 is 2.16 bits per heavy atom. The lowest BCUT2D eigenvalue weighted by molar-refractivity contribution is 0.778. The molecule has 1 aromatic heterocycles. The third kappa shape index (κ3) is 2.14. The van der Waals surface area contributed by atoms with Crippen molar-refractivity contribution < 1.29 is 0 Å². The maximum absolute atomic E-state index is 4.75. The van der Waals surface area contributed by atoms with Gasteiger partial charge in [0.25, 0.3) is 0 Å². The zero-order valence-electron chi connectivity index (χ0n) is 11.7. The lowest BCUT2D eigenvalue weighted by atomic mass is 10.0. The number of anilines is 1. The normalized spacial score (nSPS) is 14.0. The van der Waals surface area contributed by atoms with Crippen LogP contribution in [-0.4, -0.2) is 16.3 Å². The first kappa shape index (κ1) is 12.3. The molecule has 2 heterocycles. The molecule has 3 nitrogen and oxygen atoms in total. The van der Waals surface area contributed by atoms with Crippen LogP contribution in [0.2, 0.25) is 0 Å². The van der Waals surface area contributed by atoms with E-state index in [1.165, 1.54) is 41.2 Å². The molecule has 19 heavy (non-hydrogen) atoms. The average Bonchev–Trinajstić information content (AvgIpc) is 2.90. The minimum atomic E-state index is 0.989. The molecule has 1 N–H and O–H groups in total. The number of benzene rings is 1. The monoisotopic (exact) mass is 255 g/mol. The van der Waals surface area contributed by atoms with Gasteiger partial charge in [0.1, 0.15) is 0 Å². The van der Waals surface area contributed by atoms with Crippen molar-refractivity contribution in [2.75, 3.05) is 11.9 Å². The number of nitrogens with zero attached hydrogens (tertiary/aromatic N) is 2. The molecule has 100 valence electrons. The summed E-state index contributed by atoms with van der Waals surface area (Å²) in [4.78, 5) is 0. The molecule has 0 aliphatic carbocycles. The summed E-state index contributed by atoms with van der Waals surface area (Å²) in [5.41, 5.74) is 6.35. The Labute approximate surface area is 114 Å². The first-order chi connectivity index (χ1) is 9.33. The molecule has 0 saturated carbocycles. The van der Waals surface area contributed by atoms with Gasteiger partial charge in [-0.05, 0) is 43.4 Å². The zero-order chi connectivity index (χ0) is 13.2. The molecule has 1 aliphatic rings. The molecule has 1 aliphatic heterocycles. The number of fused-ring (bicyclic) bond motifs is 1. The van der Waals surface area contributed by atoms with Gasteiger partial charge in [-0.1, -0.05) is 26.0 Å². The summed E-state index contributed by atoms with van der Waals surface area (Å²) in [5.74, 6) is 0. The van der Waals surface area contributed by atoms with Crippen LogP contribution in [0.1, 0.15) is 37.2 Å². The van der Waals surface area contributed by atoms with Gasteiger partial charge in [-0.2, -0.15) is 5.10 Å². The second-order valence-electron chi connectivity index (χ2n) is 5.09. The Morgan fingerprint density at radius 3 is 2.95 bits per heavy atom. The smallest absolute Gasteiger partial charge is 0.0883 e. The fourth-order valence-electron chi connectivity index (χ4n) is 2.78. The van der Waals surface area contributed by atoms with Crippen LogP contribution in [0, 0.1) is 0 Å². The minimum Gasteiger partial charge on any atom is -0.383 e. The van der Waals surface area contributed by atoms with E-state index in [1.807, 2.05) is 0 Å². The fraction of sp³-hybridized carbons (Fsp3) is 0.438. The van der Waals surface area contributed by atoms with E-state index in [0.717, 1.165) is 19.4 Å². The summed E-state index contributed by atoms with van der Waals surface area (Å²) >= 11 is 0. The molecule has 0 fully saturated rings. The average molecular weight is 255 g/mol. The third-order valence-electron chi connectivity index (χ3n) is 3.84. The Kier molecular flexibility index (Phi) is 3.28. The lowest BCUT2D eigenvalue weighted by Gasteiger charge is -2.21. The molecular formula is C16H21N3. The summed E-state index contributed by atoms with van der Waals surface area (Å²) in [6.45, 7) is 5.41. The minimum absolute atomic E-state index is 0.989. The van der Waals surface area contributed by atoms with Crippen molar-refractivity contribution in [1.82, 2.24) is 9.78 Å². The highest BCUT2D eigenvalue weighted by Gasteiger charge is 2.16. The molecule has 0 radical (unpaired) electrons. The summed E-state index contributed by atoms with van der Waals surface area (Å²) in [7, 11) is 0. The molecule has 3 rings (SSSR count). The number of aryl methyl sites for hydroxylation is 3. The Hall–Kier alpha value is -1.77. The van der Waals surface area contributed by atoms with Crippen molar-refractivity contribution in [3.63, 3.8) is 0 Å². The van der Waals surface area contributed by atoms with Crippen molar-refractivity contribution in [1.29, 1.82) is 0 Å². The first-order valence-corrected chi connectivity index (χ1v) is 7.27. The van der Waals surface area contributed by atoms with E-state index in [2.05, 4.69) is 48.1 Å². The van der Waals surface area contributed by atoms with Gasteiger partial charge in [0.05, 0.1) is 17.1 Å². The van der Waals surface area contributed by atoms with Crippen LogP contribution in [0.5, 0.6) is 0 Å². The third-order valence-corrected chi connectivity index (χ3v) is 3.84. The van der Waals surface area contributed by atoms with Gasteiger partial charge in [0.2, 0.25) is 0 Å². The predicted molar refractivity (Wildman–Crippen MR) is 79.1 cm³/mol. The van der Waals surface area contributed by atoms with Crippen LogP contribution < -0.4 is 5.32 Å². The standard InChI is InChI=1S/C16H21N3/c1-3-13-11-14(4-2)19(18-13)15-9-5-7-12-8-6-10-17-16(12)15/h5,7,9,11,17H,3-4,6,8,10H2,1-2H3. The number of hydrogen-bond acceptors (Lipinski definition) is 2. The number of hydrogen-bond donors (Lipinski definition) is 1. The summed E-state index contributed by atoms with van der Waals surface area (Å²) < 4.78 is 2.12. The number of rotatable bonds is 3. The quantitative estimate of drug-likeness (QED) is 0.911. The molecular weight excluding hydrogens is 234 g/mol. The van der Waals surface area contributed by atoms with Crippen LogP contribution in [0.4, 0.5) is 5.69 Å². The largest absolute Gasteiger partial charge is 0.383 e. The second-order valence-corrected chi connectivity index (χ2v) is 5.09. The van der Waals surface area contributed by atoms with Crippen molar-refractivity contribution in [2.45, 2.75) is 39.5 Å². The molecule has 0 bridgehead atoms. The van der Waals surface area contributed by atoms with Crippen LogP contribution in [-0.2, 0) is 19.3 Å². The molecule has 0 unspecified atom stereocenters. The second kappa shape index (κ2) is 5.08. The van der Waals surface area contributed by atoms with E-state index in [9.17, 15) is 0 Å². The number of nitrogens with one attached hydrogen (secondary N) is 1. The molecule has 1 aromatic carbocycles. The molecule has 2 aromatic rings. The maximum Gasteiger partial charge on any atom is 0.0883 e. The topological polar surface area (TPSA) is 29.9 Å². The van der Waals surface area contributed by atoms with Crippen molar-refractivity contribution >= 4 is 5.69 Å². The maximum atomic E-state index is 4.75. The Bertz CT molecular complexity index is 584. The van der Waals surface area contributed by atoms with Crippen molar-refractivity contribution in [3.05, 3.63) is 41.2 Å². The van der Waals surface area contributed by atoms with Crippen LogP contribution >= 0.6 is 0 Å². The van der Waals surface area contributed by atoms with Gasteiger partial charge in [0.15, 0.2) is 0 Å². The SMILES string of the molecule is CCc1cc(CC)n(-c2cccc3c2NCCC3)n1. The molecule has 0 amide bonds. The van der Waals surface area contributed by atoms with Crippen LogP contribution in [0.3, 0.4) is 0 Å². The Balaban J connectivity index is 2.13. The highest BCUT2D eigenvalue weighted by molar-refractivity contribution is 5.67. The molecule has 0 atom stereocenters. The highest BCUT2D eigenvalue weighted by atomic mass is 15.3. The van der Waals surface area contributed by atoms with Gasteiger partial charge in [0, 0.05) is 12.2 Å². The molecule has 0 spiro atoms. The fourth-order valence-corrected chi connectivity index (χ4v) is 2.78. The Morgan fingerprint density at radius 1 is 1.26 bits per heavy atom. The molecule has 0 saturated heterocycles. The van der Waals surface area contributed by atoms with E-state index in [-0.39, 0.29) is 0 Å². The van der Waals surface area contributed by atoms with Crippen molar-refractivity contribution in [2.24, 2.45) is 0 Å². The summed E-state index contributed by atoms with van der Waals surface area (Å²) in [6, 6.07) is 8.76. The van der Waals surface area contributed by atoms with E-state index < -0.39 is 0 Å². The number of para-hydroxylation sites is 1. The zero-order valence-corrected chi connectivity index (χ0v) is 11.7. The highest BCUT2D eigenvalue weighted by Crippen LogP contribution is 2.29. The van der Waals surface area contributed by atoms with Crippen LogP contribution in [0.25, 0.3) is 5.69 Å². The van der Waals surface area contributed by atoms with E-state index in [1.54, 1.807) is 0 Å². The van der Waals surface area contributed by atoms with Gasteiger partial charge in [-0.15, -0.1) is 0 Å². The van der Waals surface area contributed by atoms with Gasteiger partial charge in [-0.25, -0.2) is 4.68 Å². The van der Waals surface area contributed by atoms with E-state index in [0.29, 0.717) is 0 Å². The summed E-state index contributed by atoms with van der Waals surface area (Å²) in [5, 5.41) is 8.30. The van der Waals surface area contributed by atoms with E-state index >= 15 is 0 Å². The van der Waals surface area contributed by atoms with Crippen LogP contribution in [0.15, 0.2) is 24.3 Å². The summed E-state index contributed by atoms with van der Waals surface area (Å²) in [6.07, 6.45) is 4.38.